The number of likely N-dealkylation sites (tertiary alicyclic amines) is 1. The Balaban J connectivity index is 2.42. The van der Waals surface area contributed by atoms with Gasteiger partial charge in [0.1, 0.15) is 0 Å². The molecule has 0 N–H and O–H groups in total. The Bertz CT molecular complexity index is 294. The van der Waals surface area contributed by atoms with E-state index in [0.717, 1.165) is 25.7 Å². The molecule has 3 heteroatoms. The van der Waals surface area contributed by atoms with Crippen LogP contribution in [0.2, 0.25) is 0 Å². The highest BCUT2D eigenvalue weighted by Crippen LogP contribution is 2.37. The summed E-state index contributed by atoms with van der Waals surface area (Å²) in [7, 11) is 0. The lowest BCUT2D eigenvalue weighted by Gasteiger charge is -2.52. The summed E-state index contributed by atoms with van der Waals surface area (Å²) >= 11 is 0. The van der Waals surface area contributed by atoms with Crippen molar-refractivity contribution < 1.29 is 9.53 Å². The fourth-order valence-electron chi connectivity index (χ4n) is 3.36. The van der Waals surface area contributed by atoms with Gasteiger partial charge in [0, 0.05) is 11.1 Å². The van der Waals surface area contributed by atoms with Crippen LogP contribution in [-0.4, -0.2) is 35.1 Å². The molecule has 20 heavy (non-hydrogen) atoms. The van der Waals surface area contributed by atoms with Crippen molar-refractivity contribution in [3.05, 3.63) is 0 Å². The SMILES string of the molecule is CCCCCCOC(=O)CN1C(C)(C)CCCC1(C)C. The number of nitrogens with zero attached hydrogens (tertiary/aromatic N) is 1. The molecule has 0 radical (unpaired) electrons. The van der Waals surface area contributed by atoms with Gasteiger partial charge in [-0.25, -0.2) is 0 Å². The van der Waals surface area contributed by atoms with Crippen LogP contribution in [0.3, 0.4) is 0 Å². The average molecular weight is 283 g/mol. The molecular weight excluding hydrogens is 250 g/mol. The normalized spacial score (nSPS) is 21.6. The molecular formula is C17H33NO2. The van der Waals surface area contributed by atoms with Crippen molar-refractivity contribution in [3.63, 3.8) is 0 Å². The molecule has 1 aliphatic rings. The predicted molar refractivity (Wildman–Crippen MR) is 83.8 cm³/mol. The maximum atomic E-state index is 12.1. The van der Waals surface area contributed by atoms with Crippen LogP contribution in [-0.2, 0) is 9.53 Å². The molecule has 0 bridgehead atoms. The van der Waals surface area contributed by atoms with E-state index in [1.165, 1.54) is 19.3 Å². The van der Waals surface area contributed by atoms with Crippen LogP contribution in [0, 0.1) is 0 Å². The first-order valence-corrected chi connectivity index (χ1v) is 8.23. The van der Waals surface area contributed by atoms with Gasteiger partial charge in [0.2, 0.25) is 0 Å². The second kappa shape index (κ2) is 7.44. The topological polar surface area (TPSA) is 29.5 Å². The van der Waals surface area contributed by atoms with Gasteiger partial charge in [-0.05, 0) is 53.4 Å². The van der Waals surface area contributed by atoms with Crippen LogP contribution in [0.1, 0.15) is 79.6 Å². The van der Waals surface area contributed by atoms with Gasteiger partial charge in [-0.3, -0.25) is 9.69 Å². The van der Waals surface area contributed by atoms with Crippen molar-refractivity contribution in [2.45, 2.75) is 90.6 Å². The average Bonchev–Trinajstić information content (AvgIpc) is 2.33. The van der Waals surface area contributed by atoms with E-state index in [1.807, 2.05) is 0 Å². The summed E-state index contributed by atoms with van der Waals surface area (Å²) < 4.78 is 5.40. The number of unbranched alkanes of at least 4 members (excludes halogenated alkanes) is 3. The molecule has 0 atom stereocenters. The molecule has 1 heterocycles. The Morgan fingerprint density at radius 2 is 1.65 bits per heavy atom. The van der Waals surface area contributed by atoms with Crippen LogP contribution in [0.4, 0.5) is 0 Å². The Kier molecular flexibility index (Phi) is 6.50. The first-order valence-electron chi connectivity index (χ1n) is 8.23. The minimum absolute atomic E-state index is 0.0652. The van der Waals surface area contributed by atoms with Crippen molar-refractivity contribution in [1.29, 1.82) is 0 Å². The molecule has 1 saturated heterocycles. The Hall–Kier alpha value is -0.570. The number of piperidine rings is 1. The minimum Gasteiger partial charge on any atom is -0.465 e. The standard InChI is InChI=1S/C17H33NO2/c1-6-7-8-9-13-20-15(19)14-18-16(2,3)11-10-12-17(18,4)5/h6-14H2,1-5H3. The molecule has 1 rings (SSSR count). The number of hydrogen-bond acceptors (Lipinski definition) is 3. The first kappa shape index (κ1) is 17.5. The highest BCUT2D eigenvalue weighted by atomic mass is 16.5. The van der Waals surface area contributed by atoms with Crippen LogP contribution < -0.4 is 0 Å². The zero-order valence-electron chi connectivity index (χ0n) is 14.1. The lowest BCUT2D eigenvalue weighted by Crippen LogP contribution is -2.60. The van der Waals surface area contributed by atoms with Gasteiger partial charge >= 0.3 is 5.97 Å². The highest BCUT2D eigenvalue weighted by molar-refractivity contribution is 5.72. The van der Waals surface area contributed by atoms with Gasteiger partial charge in [-0.1, -0.05) is 26.2 Å². The molecule has 1 aliphatic heterocycles. The molecule has 1 fully saturated rings. The lowest BCUT2D eigenvalue weighted by atomic mass is 9.80. The van der Waals surface area contributed by atoms with Crippen molar-refractivity contribution in [2.75, 3.05) is 13.2 Å². The highest BCUT2D eigenvalue weighted by Gasteiger charge is 2.42. The third-order valence-corrected chi connectivity index (χ3v) is 4.59. The van der Waals surface area contributed by atoms with Crippen LogP contribution in [0.15, 0.2) is 0 Å². The number of esters is 1. The number of rotatable bonds is 7. The van der Waals surface area contributed by atoms with Crippen molar-refractivity contribution >= 4 is 5.97 Å². The monoisotopic (exact) mass is 283 g/mol. The van der Waals surface area contributed by atoms with E-state index in [-0.39, 0.29) is 17.0 Å². The minimum atomic E-state index is -0.0652. The molecule has 3 nitrogen and oxygen atoms in total. The number of ether oxygens (including phenoxy) is 1. The van der Waals surface area contributed by atoms with E-state index < -0.39 is 0 Å². The van der Waals surface area contributed by atoms with Crippen molar-refractivity contribution in [3.8, 4) is 0 Å². The van der Waals surface area contributed by atoms with Gasteiger partial charge in [-0.2, -0.15) is 0 Å². The number of carbonyl (C=O) groups excluding carboxylic acids is 1. The second-order valence-corrected chi connectivity index (χ2v) is 7.35. The fraction of sp³-hybridized carbons (Fsp3) is 0.941. The maximum Gasteiger partial charge on any atom is 0.320 e. The second-order valence-electron chi connectivity index (χ2n) is 7.35. The summed E-state index contributed by atoms with van der Waals surface area (Å²) in [5.74, 6) is -0.0652. The molecule has 0 spiro atoms. The summed E-state index contributed by atoms with van der Waals surface area (Å²) in [5.41, 5.74) is 0.173. The molecule has 0 aromatic heterocycles. The number of hydrogen-bond donors (Lipinski definition) is 0. The molecule has 0 saturated carbocycles. The third kappa shape index (κ3) is 5.08. The van der Waals surface area contributed by atoms with Gasteiger partial charge in [0.25, 0.3) is 0 Å². The fourth-order valence-corrected chi connectivity index (χ4v) is 3.36. The van der Waals surface area contributed by atoms with E-state index in [1.54, 1.807) is 0 Å². The van der Waals surface area contributed by atoms with E-state index in [2.05, 4.69) is 39.5 Å². The molecule has 0 amide bonds. The van der Waals surface area contributed by atoms with Gasteiger partial charge < -0.3 is 4.74 Å². The molecule has 0 aliphatic carbocycles. The quantitative estimate of drug-likeness (QED) is 0.519. The Morgan fingerprint density at radius 3 is 2.20 bits per heavy atom. The van der Waals surface area contributed by atoms with E-state index >= 15 is 0 Å². The molecule has 0 unspecified atom stereocenters. The van der Waals surface area contributed by atoms with Crippen molar-refractivity contribution in [2.24, 2.45) is 0 Å². The van der Waals surface area contributed by atoms with Gasteiger partial charge in [0.15, 0.2) is 0 Å². The smallest absolute Gasteiger partial charge is 0.320 e. The predicted octanol–water partition coefficient (Wildman–Crippen LogP) is 4.15. The van der Waals surface area contributed by atoms with Crippen molar-refractivity contribution in [1.82, 2.24) is 4.90 Å². The van der Waals surface area contributed by atoms with E-state index in [9.17, 15) is 4.79 Å². The summed E-state index contributed by atoms with van der Waals surface area (Å²) in [4.78, 5) is 14.4. The molecule has 0 aromatic carbocycles. The maximum absolute atomic E-state index is 12.1. The largest absolute Gasteiger partial charge is 0.465 e. The molecule has 0 aromatic rings. The summed E-state index contributed by atoms with van der Waals surface area (Å²) in [6, 6.07) is 0. The summed E-state index contributed by atoms with van der Waals surface area (Å²) in [6.07, 6.45) is 8.13. The van der Waals surface area contributed by atoms with Gasteiger partial charge in [0.05, 0.1) is 13.2 Å². The van der Waals surface area contributed by atoms with E-state index in [4.69, 9.17) is 4.74 Å². The lowest BCUT2D eigenvalue weighted by molar-refractivity contribution is -0.151. The Morgan fingerprint density at radius 1 is 1.05 bits per heavy atom. The third-order valence-electron chi connectivity index (χ3n) is 4.59. The zero-order valence-corrected chi connectivity index (χ0v) is 14.1. The van der Waals surface area contributed by atoms with Crippen LogP contribution >= 0.6 is 0 Å². The zero-order chi connectivity index (χ0) is 15.2. The summed E-state index contributed by atoms with van der Waals surface area (Å²) in [5, 5.41) is 0. The van der Waals surface area contributed by atoms with Crippen LogP contribution in [0.25, 0.3) is 0 Å². The van der Waals surface area contributed by atoms with Crippen LogP contribution in [0.5, 0.6) is 0 Å². The number of carbonyl (C=O) groups is 1. The Labute approximate surface area is 125 Å². The van der Waals surface area contributed by atoms with Gasteiger partial charge in [-0.15, -0.1) is 0 Å². The molecule has 118 valence electrons. The van der Waals surface area contributed by atoms with E-state index in [0.29, 0.717) is 13.2 Å². The first-order chi connectivity index (χ1) is 9.29. The summed E-state index contributed by atoms with van der Waals surface area (Å²) in [6.45, 7) is 12.1.